The first-order valence-corrected chi connectivity index (χ1v) is 12.2. The molecule has 0 amide bonds. The van der Waals surface area contributed by atoms with Crippen LogP contribution in [0, 0.1) is 0 Å². The highest BCUT2D eigenvalue weighted by Gasteiger charge is 2.22. The summed E-state index contributed by atoms with van der Waals surface area (Å²) in [5, 5.41) is 0. The molecule has 0 bridgehead atoms. The van der Waals surface area contributed by atoms with Crippen LogP contribution in [0.2, 0.25) is 0 Å². The van der Waals surface area contributed by atoms with E-state index in [9.17, 15) is 0 Å². The third-order valence-corrected chi connectivity index (χ3v) is 6.79. The summed E-state index contributed by atoms with van der Waals surface area (Å²) in [6, 6.07) is 17.8. The fourth-order valence-corrected chi connectivity index (χ4v) is 5.03. The largest absolute Gasteiger partial charge is 0.303 e. The number of likely N-dealkylation sites (tertiary alicyclic amines) is 1. The lowest BCUT2D eigenvalue weighted by atomic mass is 9.86. The molecule has 0 saturated carbocycles. The highest BCUT2D eigenvalue weighted by Crippen LogP contribution is 2.38. The van der Waals surface area contributed by atoms with Crippen LogP contribution in [0.4, 0.5) is 0 Å². The lowest BCUT2D eigenvalue weighted by Gasteiger charge is -2.30. The Morgan fingerprint density at radius 3 is 1.80 bits per heavy atom. The van der Waals surface area contributed by atoms with Crippen molar-refractivity contribution in [2.75, 3.05) is 19.6 Å². The van der Waals surface area contributed by atoms with Gasteiger partial charge in [0.25, 0.3) is 0 Å². The molecule has 2 aromatic rings. The Kier molecular flexibility index (Phi) is 7.59. The van der Waals surface area contributed by atoms with Crippen molar-refractivity contribution in [1.29, 1.82) is 0 Å². The number of unbranched alkanes of at least 4 members (excludes halogenated alkanes) is 6. The van der Waals surface area contributed by atoms with Gasteiger partial charge in [0.15, 0.2) is 0 Å². The molecule has 0 atom stereocenters. The zero-order valence-electron chi connectivity index (χ0n) is 18.7. The Morgan fingerprint density at radius 1 is 0.667 bits per heavy atom. The third-order valence-electron chi connectivity index (χ3n) is 6.79. The first-order valence-electron chi connectivity index (χ1n) is 12.2. The third kappa shape index (κ3) is 5.13. The minimum absolute atomic E-state index is 1.20. The highest BCUT2D eigenvalue weighted by atomic mass is 15.1. The molecule has 1 heteroatoms. The highest BCUT2D eigenvalue weighted by molar-refractivity contribution is 5.94. The number of nitrogens with zero attached hydrogens (tertiary/aromatic N) is 1. The van der Waals surface area contributed by atoms with Gasteiger partial charge in [-0.05, 0) is 53.6 Å². The van der Waals surface area contributed by atoms with Crippen LogP contribution in [0.1, 0.15) is 87.0 Å². The normalized spacial score (nSPS) is 16.3. The van der Waals surface area contributed by atoms with Crippen LogP contribution < -0.4 is 0 Å². The molecule has 0 aromatic heterocycles. The molecular formula is C29H37N. The molecule has 2 aromatic carbocycles. The topological polar surface area (TPSA) is 3.24 Å². The zero-order chi connectivity index (χ0) is 20.6. The van der Waals surface area contributed by atoms with E-state index in [-0.39, 0.29) is 0 Å². The summed E-state index contributed by atoms with van der Waals surface area (Å²) in [5.41, 5.74) is 8.67. The lowest BCUT2D eigenvalue weighted by Crippen LogP contribution is -2.32. The summed E-state index contributed by atoms with van der Waals surface area (Å²) in [7, 11) is 0. The van der Waals surface area contributed by atoms with Crippen molar-refractivity contribution in [3.8, 4) is 0 Å². The van der Waals surface area contributed by atoms with Crippen LogP contribution in [0.15, 0.2) is 54.1 Å². The molecule has 0 spiro atoms. The number of fused-ring (bicyclic) bond motifs is 2. The fraction of sp³-hybridized carbons (Fsp3) is 0.448. The van der Waals surface area contributed by atoms with E-state index < -0.39 is 0 Å². The second kappa shape index (κ2) is 10.8. The first-order chi connectivity index (χ1) is 14.9. The van der Waals surface area contributed by atoms with Gasteiger partial charge in [-0.1, -0.05) is 112 Å². The van der Waals surface area contributed by atoms with Crippen molar-refractivity contribution >= 4 is 17.7 Å². The van der Waals surface area contributed by atoms with E-state index in [0.717, 1.165) is 0 Å². The van der Waals surface area contributed by atoms with Gasteiger partial charge in [-0.15, -0.1) is 0 Å². The number of hydrogen-bond acceptors (Lipinski definition) is 1. The molecule has 2 aliphatic rings. The molecule has 0 radical (unpaired) electrons. The second-order valence-corrected chi connectivity index (χ2v) is 8.95. The summed E-state index contributed by atoms with van der Waals surface area (Å²) >= 11 is 0. The second-order valence-electron chi connectivity index (χ2n) is 8.95. The molecule has 1 nitrogen and oxygen atoms in total. The standard InChI is InChI=1S/C29H37N/c1-2-3-4-5-6-7-12-21-30-22-19-26(20-23-30)29-27-15-10-8-13-24(27)17-18-25-14-9-11-16-28(25)29/h8-11,13-18H,2-7,12,19-23H2,1H3. The van der Waals surface area contributed by atoms with Crippen LogP contribution in [0.3, 0.4) is 0 Å². The average molecular weight is 400 g/mol. The minimum Gasteiger partial charge on any atom is -0.303 e. The SMILES string of the molecule is CCCCCCCCCN1CCC(=C2c3ccccc3C=Cc3ccccc32)CC1. The smallest absolute Gasteiger partial charge is 0.00190 e. The molecule has 0 unspecified atom stereocenters. The van der Waals surface area contributed by atoms with Crippen molar-refractivity contribution in [2.24, 2.45) is 0 Å². The Hall–Kier alpha value is -2.12. The van der Waals surface area contributed by atoms with Gasteiger partial charge >= 0.3 is 0 Å². The maximum Gasteiger partial charge on any atom is 0.00190 e. The van der Waals surface area contributed by atoms with Crippen molar-refractivity contribution in [3.63, 3.8) is 0 Å². The predicted molar refractivity (Wildman–Crippen MR) is 132 cm³/mol. The molecule has 1 fully saturated rings. The molecule has 1 saturated heterocycles. The Bertz CT molecular complexity index is 827. The first kappa shape index (κ1) is 21.1. The van der Waals surface area contributed by atoms with E-state index in [1.807, 2.05) is 0 Å². The van der Waals surface area contributed by atoms with E-state index >= 15 is 0 Å². The van der Waals surface area contributed by atoms with Gasteiger partial charge in [-0.2, -0.15) is 0 Å². The average Bonchev–Trinajstić information content (AvgIpc) is 2.96. The van der Waals surface area contributed by atoms with Gasteiger partial charge in [0, 0.05) is 13.1 Å². The van der Waals surface area contributed by atoms with E-state index in [2.05, 4.69) is 72.5 Å². The molecule has 1 heterocycles. The van der Waals surface area contributed by atoms with Gasteiger partial charge in [0.2, 0.25) is 0 Å². The number of piperidine rings is 1. The maximum absolute atomic E-state index is 2.70. The number of benzene rings is 2. The van der Waals surface area contributed by atoms with Gasteiger partial charge in [0.05, 0.1) is 0 Å². The van der Waals surface area contributed by atoms with Gasteiger partial charge in [-0.25, -0.2) is 0 Å². The van der Waals surface area contributed by atoms with E-state index in [0.29, 0.717) is 0 Å². The van der Waals surface area contributed by atoms with Crippen LogP contribution in [0.25, 0.3) is 17.7 Å². The van der Waals surface area contributed by atoms with Crippen molar-refractivity contribution in [1.82, 2.24) is 4.90 Å². The molecular weight excluding hydrogens is 362 g/mol. The fourth-order valence-electron chi connectivity index (χ4n) is 5.03. The summed E-state index contributed by atoms with van der Waals surface area (Å²) in [4.78, 5) is 2.70. The Balaban J connectivity index is 1.42. The summed E-state index contributed by atoms with van der Waals surface area (Å²) < 4.78 is 0. The van der Waals surface area contributed by atoms with Crippen LogP contribution in [-0.2, 0) is 0 Å². The van der Waals surface area contributed by atoms with E-state index in [4.69, 9.17) is 0 Å². The molecule has 1 aliphatic heterocycles. The molecule has 0 N–H and O–H groups in total. The van der Waals surface area contributed by atoms with E-state index in [1.165, 1.54) is 105 Å². The lowest BCUT2D eigenvalue weighted by molar-refractivity contribution is 0.251. The molecule has 30 heavy (non-hydrogen) atoms. The monoisotopic (exact) mass is 399 g/mol. The Morgan fingerprint density at radius 2 is 1.20 bits per heavy atom. The van der Waals surface area contributed by atoms with E-state index in [1.54, 1.807) is 5.57 Å². The quantitative estimate of drug-likeness (QED) is 0.349. The van der Waals surface area contributed by atoms with Crippen LogP contribution in [0.5, 0.6) is 0 Å². The van der Waals surface area contributed by atoms with Gasteiger partial charge in [0.1, 0.15) is 0 Å². The van der Waals surface area contributed by atoms with Crippen molar-refractivity contribution in [2.45, 2.75) is 64.7 Å². The molecule has 4 rings (SSSR count). The molecule has 158 valence electrons. The van der Waals surface area contributed by atoms with Crippen LogP contribution in [-0.4, -0.2) is 24.5 Å². The van der Waals surface area contributed by atoms with Crippen LogP contribution >= 0.6 is 0 Å². The summed E-state index contributed by atoms with van der Waals surface area (Å²) in [6.45, 7) is 6.01. The van der Waals surface area contributed by atoms with Crippen molar-refractivity contribution in [3.05, 3.63) is 76.4 Å². The molecule has 1 aliphatic carbocycles. The Labute approximate surface area is 183 Å². The summed E-state index contributed by atoms with van der Waals surface area (Å²) in [6.07, 6.45) is 16.8. The number of rotatable bonds is 8. The predicted octanol–water partition coefficient (Wildman–Crippen LogP) is 7.82. The van der Waals surface area contributed by atoms with Gasteiger partial charge in [-0.3, -0.25) is 0 Å². The maximum atomic E-state index is 2.70. The zero-order valence-corrected chi connectivity index (χ0v) is 18.7. The van der Waals surface area contributed by atoms with Gasteiger partial charge < -0.3 is 4.90 Å². The van der Waals surface area contributed by atoms with Crippen molar-refractivity contribution < 1.29 is 0 Å². The number of hydrogen-bond donors (Lipinski definition) is 0. The minimum atomic E-state index is 1.20. The summed E-state index contributed by atoms with van der Waals surface area (Å²) in [5.74, 6) is 0.